The summed E-state index contributed by atoms with van der Waals surface area (Å²) in [5.41, 5.74) is 0.183. The highest BCUT2D eigenvalue weighted by Gasteiger charge is 2.33. The Morgan fingerprint density at radius 2 is 1.74 bits per heavy atom. The van der Waals surface area contributed by atoms with E-state index in [4.69, 9.17) is 4.98 Å². The first kappa shape index (κ1) is 24.2. The third kappa shape index (κ3) is 5.75. The SMILES string of the molecule is CN(C)c1nc(NC2CCC(CNCc3ccc(C(F)(F)F)c(F)c3)CC2)nc2ccccc12. The lowest BCUT2D eigenvalue weighted by atomic mass is 9.86. The Morgan fingerprint density at radius 3 is 2.41 bits per heavy atom. The van der Waals surface area contributed by atoms with Crippen LogP contribution in [-0.2, 0) is 12.7 Å². The van der Waals surface area contributed by atoms with Crippen LogP contribution in [0.15, 0.2) is 42.5 Å². The highest BCUT2D eigenvalue weighted by atomic mass is 19.4. The maximum Gasteiger partial charge on any atom is 0.419 e. The third-order valence-corrected chi connectivity index (χ3v) is 6.29. The molecule has 0 amide bonds. The number of nitrogens with one attached hydrogen (secondary N) is 2. The van der Waals surface area contributed by atoms with Crippen molar-refractivity contribution in [3.8, 4) is 0 Å². The van der Waals surface area contributed by atoms with Gasteiger partial charge in [0.1, 0.15) is 11.6 Å². The first-order chi connectivity index (χ1) is 16.2. The van der Waals surface area contributed by atoms with E-state index in [0.717, 1.165) is 61.1 Å². The van der Waals surface area contributed by atoms with Gasteiger partial charge in [-0.15, -0.1) is 0 Å². The van der Waals surface area contributed by atoms with Crippen molar-refractivity contribution >= 4 is 22.7 Å². The number of aromatic nitrogens is 2. The maximum absolute atomic E-state index is 13.7. The van der Waals surface area contributed by atoms with Crippen LogP contribution in [-0.4, -0.2) is 36.6 Å². The van der Waals surface area contributed by atoms with Crippen LogP contribution < -0.4 is 15.5 Å². The number of fused-ring (bicyclic) bond motifs is 1. The van der Waals surface area contributed by atoms with Gasteiger partial charge in [-0.2, -0.15) is 18.2 Å². The summed E-state index contributed by atoms with van der Waals surface area (Å²) in [7, 11) is 3.94. The van der Waals surface area contributed by atoms with Crippen LogP contribution in [0.2, 0.25) is 0 Å². The van der Waals surface area contributed by atoms with Crippen molar-refractivity contribution in [1.82, 2.24) is 15.3 Å². The summed E-state index contributed by atoms with van der Waals surface area (Å²) in [6.45, 7) is 1.08. The molecule has 1 aliphatic rings. The van der Waals surface area contributed by atoms with Gasteiger partial charge in [-0.3, -0.25) is 0 Å². The minimum Gasteiger partial charge on any atom is -0.362 e. The fourth-order valence-corrected chi connectivity index (χ4v) is 4.48. The van der Waals surface area contributed by atoms with E-state index in [2.05, 4.69) is 15.6 Å². The third-order valence-electron chi connectivity index (χ3n) is 6.29. The van der Waals surface area contributed by atoms with Gasteiger partial charge in [-0.05, 0) is 68.0 Å². The molecule has 0 bridgehead atoms. The Labute approximate surface area is 196 Å². The second-order valence-electron chi connectivity index (χ2n) is 9.09. The van der Waals surface area contributed by atoms with Crippen molar-refractivity contribution < 1.29 is 17.6 Å². The van der Waals surface area contributed by atoms with E-state index in [1.165, 1.54) is 6.07 Å². The first-order valence-corrected chi connectivity index (χ1v) is 11.5. The van der Waals surface area contributed by atoms with Gasteiger partial charge in [0, 0.05) is 32.1 Å². The zero-order chi connectivity index (χ0) is 24.3. The normalized spacial score (nSPS) is 18.8. The van der Waals surface area contributed by atoms with E-state index in [1.54, 1.807) is 0 Å². The van der Waals surface area contributed by atoms with E-state index in [0.29, 0.717) is 24.0 Å². The van der Waals surface area contributed by atoms with Gasteiger partial charge >= 0.3 is 6.18 Å². The van der Waals surface area contributed by atoms with Gasteiger partial charge in [0.25, 0.3) is 0 Å². The zero-order valence-corrected chi connectivity index (χ0v) is 19.3. The van der Waals surface area contributed by atoms with E-state index in [1.807, 2.05) is 43.3 Å². The summed E-state index contributed by atoms with van der Waals surface area (Å²) < 4.78 is 51.8. The molecule has 9 heteroatoms. The van der Waals surface area contributed by atoms with Crippen LogP contribution in [0.1, 0.15) is 36.8 Å². The molecule has 2 aromatic carbocycles. The average Bonchev–Trinajstić information content (AvgIpc) is 2.79. The van der Waals surface area contributed by atoms with Gasteiger partial charge in [-0.25, -0.2) is 9.37 Å². The number of nitrogens with zero attached hydrogens (tertiary/aromatic N) is 3. The topological polar surface area (TPSA) is 53.1 Å². The lowest BCUT2D eigenvalue weighted by Crippen LogP contribution is -2.31. The number of halogens is 4. The molecular weight excluding hydrogens is 446 g/mol. The van der Waals surface area contributed by atoms with Crippen molar-refractivity contribution in [1.29, 1.82) is 0 Å². The summed E-state index contributed by atoms with van der Waals surface area (Å²) in [6.07, 6.45) is -0.682. The van der Waals surface area contributed by atoms with Gasteiger partial charge in [0.2, 0.25) is 5.95 Å². The molecule has 2 N–H and O–H groups in total. The van der Waals surface area contributed by atoms with Gasteiger partial charge < -0.3 is 15.5 Å². The number of anilines is 2. The molecule has 5 nitrogen and oxygen atoms in total. The molecule has 1 aliphatic carbocycles. The van der Waals surface area contributed by atoms with Crippen molar-refractivity contribution in [2.75, 3.05) is 30.9 Å². The van der Waals surface area contributed by atoms with Crippen LogP contribution in [0, 0.1) is 11.7 Å². The Hall–Kier alpha value is -2.94. The van der Waals surface area contributed by atoms with Crippen LogP contribution in [0.5, 0.6) is 0 Å². The molecule has 1 fully saturated rings. The monoisotopic (exact) mass is 475 g/mol. The molecule has 0 unspecified atom stereocenters. The Bertz CT molecular complexity index is 1120. The molecule has 1 heterocycles. The van der Waals surface area contributed by atoms with Gasteiger partial charge in [0.05, 0.1) is 11.1 Å². The lowest BCUT2D eigenvalue weighted by molar-refractivity contribution is -0.140. The molecule has 0 atom stereocenters. The van der Waals surface area contributed by atoms with Crippen molar-refractivity contribution in [3.63, 3.8) is 0 Å². The molecule has 1 aromatic heterocycles. The molecular formula is C25H29F4N5. The number of rotatable bonds is 7. The zero-order valence-electron chi connectivity index (χ0n) is 19.3. The van der Waals surface area contributed by atoms with Crippen LogP contribution in [0.3, 0.4) is 0 Å². The Kier molecular flexibility index (Phi) is 7.21. The highest BCUT2D eigenvalue weighted by Crippen LogP contribution is 2.32. The number of hydrogen-bond donors (Lipinski definition) is 2. The number of para-hydroxylation sites is 1. The lowest BCUT2D eigenvalue weighted by Gasteiger charge is -2.29. The van der Waals surface area contributed by atoms with Gasteiger partial charge in [0.15, 0.2) is 0 Å². The van der Waals surface area contributed by atoms with Crippen LogP contribution in [0.25, 0.3) is 10.9 Å². The Balaban J connectivity index is 1.27. The van der Waals surface area contributed by atoms with Crippen LogP contribution >= 0.6 is 0 Å². The largest absolute Gasteiger partial charge is 0.419 e. The summed E-state index contributed by atoms with van der Waals surface area (Å²) in [6, 6.07) is 11.3. The molecule has 34 heavy (non-hydrogen) atoms. The quantitative estimate of drug-likeness (QED) is 0.435. The molecule has 1 saturated carbocycles. The molecule has 0 saturated heterocycles. The van der Waals surface area contributed by atoms with Crippen molar-refractivity contribution in [2.45, 2.75) is 44.4 Å². The molecule has 0 spiro atoms. The first-order valence-electron chi connectivity index (χ1n) is 11.5. The highest BCUT2D eigenvalue weighted by molar-refractivity contribution is 5.90. The minimum absolute atomic E-state index is 0.288. The predicted octanol–water partition coefficient (Wildman–Crippen LogP) is 5.61. The summed E-state index contributed by atoms with van der Waals surface area (Å²) >= 11 is 0. The van der Waals surface area contributed by atoms with E-state index in [-0.39, 0.29) is 6.04 Å². The minimum atomic E-state index is -4.67. The molecule has 182 valence electrons. The predicted molar refractivity (Wildman–Crippen MR) is 126 cm³/mol. The molecule has 0 radical (unpaired) electrons. The van der Waals surface area contributed by atoms with Crippen LogP contribution in [0.4, 0.5) is 29.3 Å². The van der Waals surface area contributed by atoms with E-state index in [9.17, 15) is 17.6 Å². The fourth-order valence-electron chi connectivity index (χ4n) is 4.48. The summed E-state index contributed by atoms with van der Waals surface area (Å²) in [4.78, 5) is 11.4. The summed E-state index contributed by atoms with van der Waals surface area (Å²) in [5, 5.41) is 7.77. The van der Waals surface area contributed by atoms with Crippen molar-refractivity contribution in [3.05, 3.63) is 59.4 Å². The molecule has 4 rings (SSSR count). The maximum atomic E-state index is 13.7. The molecule has 0 aliphatic heterocycles. The number of alkyl halides is 3. The fraction of sp³-hybridized carbons (Fsp3) is 0.440. The van der Waals surface area contributed by atoms with Crippen molar-refractivity contribution in [2.24, 2.45) is 5.92 Å². The van der Waals surface area contributed by atoms with E-state index < -0.39 is 17.6 Å². The smallest absolute Gasteiger partial charge is 0.362 e. The Morgan fingerprint density at radius 1 is 1.00 bits per heavy atom. The number of hydrogen-bond acceptors (Lipinski definition) is 5. The second kappa shape index (κ2) is 10.1. The standard InChI is InChI=1S/C25H29F4N5/c1-34(2)23-19-5-3-4-6-22(19)32-24(33-23)31-18-10-7-16(8-11-18)14-30-15-17-9-12-20(21(26)13-17)25(27,28)29/h3-6,9,12-13,16,18,30H,7-8,10-11,14-15H2,1-2H3,(H,31,32,33). The van der Waals surface area contributed by atoms with Gasteiger partial charge in [-0.1, -0.05) is 18.2 Å². The number of benzene rings is 2. The van der Waals surface area contributed by atoms with E-state index >= 15 is 0 Å². The average molecular weight is 476 g/mol. The second-order valence-corrected chi connectivity index (χ2v) is 9.09. The molecule has 3 aromatic rings. The summed E-state index contributed by atoms with van der Waals surface area (Å²) in [5.74, 6) is 0.748.